The van der Waals surface area contributed by atoms with Crippen LogP contribution in [0, 0.1) is 5.92 Å². The maximum absolute atomic E-state index is 12.3. The Balaban J connectivity index is 2.04. The first-order valence-electron chi connectivity index (χ1n) is 6.12. The van der Waals surface area contributed by atoms with E-state index in [0.717, 1.165) is 0 Å². The predicted octanol–water partition coefficient (Wildman–Crippen LogP) is -0.700. The van der Waals surface area contributed by atoms with E-state index in [1.807, 2.05) is 0 Å². The number of hydrogen-bond donors (Lipinski definition) is 1. The molecule has 2 saturated heterocycles. The molecule has 1 N–H and O–H groups in total. The highest BCUT2D eigenvalue weighted by Gasteiger charge is 2.42. The van der Waals surface area contributed by atoms with Crippen molar-refractivity contribution >= 4 is 25.8 Å². The SMILES string of the molecule is O=C(O)CC1CCN(S(=O)(=O)C2CCS(=O)(=O)C2)C1. The molecule has 0 radical (unpaired) electrons. The third-order valence-corrected chi connectivity index (χ3v) is 7.96. The number of sulfonamides is 1. The molecule has 2 fully saturated rings. The summed E-state index contributed by atoms with van der Waals surface area (Å²) in [6, 6.07) is 0. The van der Waals surface area contributed by atoms with E-state index in [1.165, 1.54) is 4.31 Å². The molecule has 2 unspecified atom stereocenters. The zero-order chi connectivity index (χ0) is 14.3. The number of aliphatic carboxylic acids is 1. The van der Waals surface area contributed by atoms with Gasteiger partial charge in [0, 0.05) is 19.5 Å². The van der Waals surface area contributed by atoms with Crippen molar-refractivity contribution in [3.8, 4) is 0 Å². The van der Waals surface area contributed by atoms with Crippen LogP contribution in [-0.2, 0) is 24.7 Å². The van der Waals surface area contributed by atoms with Gasteiger partial charge in [-0.25, -0.2) is 21.1 Å². The average Bonchev–Trinajstić information content (AvgIpc) is 2.84. The fourth-order valence-corrected chi connectivity index (χ4v) is 7.27. The van der Waals surface area contributed by atoms with Crippen LogP contribution in [0.5, 0.6) is 0 Å². The van der Waals surface area contributed by atoms with E-state index in [4.69, 9.17) is 5.11 Å². The molecule has 110 valence electrons. The second kappa shape index (κ2) is 5.02. The molecule has 0 aromatic rings. The van der Waals surface area contributed by atoms with Crippen LogP contribution in [-0.4, -0.2) is 62.1 Å². The lowest BCUT2D eigenvalue weighted by Crippen LogP contribution is -2.38. The minimum absolute atomic E-state index is 0.0466. The number of nitrogens with zero attached hydrogens (tertiary/aromatic N) is 1. The predicted molar refractivity (Wildman–Crippen MR) is 67.9 cm³/mol. The first-order chi connectivity index (χ1) is 8.71. The Morgan fingerprint density at radius 2 is 2.00 bits per heavy atom. The van der Waals surface area contributed by atoms with Gasteiger partial charge in [0.25, 0.3) is 0 Å². The maximum atomic E-state index is 12.3. The van der Waals surface area contributed by atoms with Gasteiger partial charge in [-0.2, -0.15) is 0 Å². The molecular formula is C10H17NO6S2. The van der Waals surface area contributed by atoms with Crippen LogP contribution < -0.4 is 0 Å². The number of carboxylic acid groups (broad SMARTS) is 1. The van der Waals surface area contributed by atoms with E-state index in [-0.39, 0.29) is 43.4 Å². The standard InChI is InChI=1S/C10H17NO6S2/c12-10(13)5-8-1-3-11(6-8)19(16,17)9-2-4-18(14,15)7-9/h8-9H,1-7H2,(H,12,13). The van der Waals surface area contributed by atoms with Crippen molar-refractivity contribution in [3.05, 3.63) is 0 Å². The number of carboxylic acids is 1. The Kier molecular flexibility index (Phi) is 3.90. The van der Waals surface area contributed by atoms with Gasteiger partial charge in [-0.15, -0.1) is 0 Å². The van der Waals surface area contributed by atoms with E-state index in [2.05, 4.69) is 0 Å². The molecule has 2 rings (SSSR count). The van der Waals surface area contributed by atoms with Gasteiger partial charge in [0.05, 0.1) is 16.8 Å². The molecule has 2 atom stereocenters. The van der Waals surface area contributed by atoms with Crippen molar-refractivity contribution in [2.75, 3.05) is 24.6 Å². The van der Waals surface area contributed by atoms with Crippen LogP contribution in [0.1, 0.15) is 19.3 Å². The van der Waals surface area contributed by atoms with Crippen molar-refractivity contribution in [1.29, 1.82) is 0 Å². The van der Waals surface area contributed by atoms with E-state index in [1.54, 1.807) is 0 Å². The van der Waals surface area contributed by atoms with Gasteiger partial charge in [0.2, 0.25) is 10.0 Å². The highest BCUT2D eigenvalue weighted by Crippen LogP contribution is 2.28. The minimum atomic E-state index is -3.62. The summed E-state index contributed by atoms with van der Waals surface area (Å²) in [6.07, 6.45) is 0.616. The van der Waals surface area contributed by atoms with Gasteiger partial charge >= 0.3 is 5.97 Å². The van der Waals surface area contributed by atoms with E-state index < -0.39 is 31.1 Å². The topological polar surface area (TPSA) is 109 Å². The normalized spacial score (nSPS) is 31.6. The molecular weight excluding hydrogens is 294 g/mol. The molecule has 2 heterocycles. The monoisotopic (exact) mass is 311 g/mol. The van der Waals surface area contributed by atoms with Gasteiger partial charge in [0.1, 0.15) is 0 Å². The highest BCUT2D eigenvalue weighted by atomic mass is 32.2. The summed E-state index contributed by atoms with van der Waals surface area (Å²) in [5.74, 6) is -1.50. The summed E-state index contributed by atoms with van der Waals surface area (Å²) in [6.45, 7) is 0.474. The summed E-state index contributed by atoms with van der Waals surface area (Å²) >= 11 is 0. The average molecular weight is 311 g/mol. The van der Waals surface area contributed by atoms with Gasteiger partial charge in [0.15, 0.2) is 9.84 Å². The van der Waals surface area contributed by atoms with Gasteiger partial charge in [-0.05, 0) is 18.8 Å². The Morgan fingerprint density at radius 1 is 1.32 bits per heavy atom. The smallest absolute Gasteiger partial charge is 0.303 e. The molecule has 0 bridgehead atoms. The van der Waals surface area contributed by atoms with Crippen LogP contribution in [0.25, 0.3) is 0 Å². The number of rotatable bonds is 4. The lowest BCUT2D eigenvalue weighted by atomic mass is 10.1. The summed E-state index contributed by atoms with van der Waals surface area (Å²) in [5, 5.41) is 7.84. The molecule has 19 heavy (non-hydrogen) atoms. The quantitative estimate of drug-likeness (QED) is 0.735. The maximum Gasteiger partial charge on any atom is 0.303 e. The summed E-state index contributed by atoms with van der Waals surface area (Å²) < 4.78 is 48.5. The number of sulfone groups is 1. The number of hydrogen-bond acceptors (Lipinski definition) is 5. The van der Waals surface area contributed by atoms with Crippen LogP contribution in [0.15, 0.2) is 0 Å². The van der Waals surface area contributed by atoms with E-state index in [9.17, 15) is 21.6 Å². The zero-order valence-electron chi connectivity index (χ0n) is 10.4. The highest BCUT2D eigenvalue weighted by molar-refractivity contribution is 7.95. The molecule has 0 aromatic heterocycles. The fraction of sp³-hybridized carbons (Fsp3) is 0.900. The Morgan fingerprint density at radius 3 is 2.53 bits per heavy atom. The fourth-order valence-electron chi connectivity index (χ4n) is 2.65. The van der Waals surface area contributed by atoms with Crippen molar-refractivity contribution in [1.82, 2.24) is 4.31 Å². The third-order valence-electron chi connectivity index (χ3n) is 3.68. The second-order valence-electron chi connectivity index (χ2n) is 5.18. The van der Waals surface area contributed by atoms with E-state index in [0.29, 0.717) is 6.42 Å². The lowest BCUT2D eigenvalue weighted by Gasteiger charge is -2.20. The zero-order valence-corrected chi connectivity index (χ0v) is 12.0. The lowest BCUT2D eigenvalue weighted by molar-refractivity contribution is -0.137. The minimum Gasteiger partial charge on any atom is -0.481 e. The second-order valence-corrected chi connectivity index (χ2v) is 9.62. The molecule has 7 nitrogen and oxygen atoms in total. The van der Waals surface area contributed by atoms with Gasteiger partial charge < -0.3 is 5.11 Å². The Bertz CT molecular complexity index is 567. The molecule has 9 heteroatoms. The number of carbonyl (C=O) groups is 1. The molecule has 0 spiro atoms. The van der Waals surface area contributed by atoms with Gasteiger partial charge in [-0.3, -0.25) is 4.79 Å². The van der Waals surface area contributed by atoms with Crippen LogP contribution in [0.4, 0.5) is 0 Å². The molecule has 0 amide bonds. The summed E-state index contributed by atoms with van der Waals surface area (Å²) in [4.78, 5) is 10.6. The van der Waals surface area contributed by atoms with Crippen LogP contribution in [0.3, 0.4) is 0 Å². The third kappa shape index (κ3) is 3.26. The van der Waals surface area contributed by atoms with E-state index >= 15 is 0 Å². The first-order valence-corrected chi connectivity index (χ1v) is 9.44. The molecule has 0 aliphatic carbocycles. The van der Waals surface area contributed by atoms with Crippen molar-refractivity contribution in [3.63, 3.8) is 0 Å². The summed E-state index contributed by atoms with van der Waals surface area (Å²) in [7, 11) is -6.86. The molecule has 0 aromatic carbocycles. The molecule has 2 aliphatic rings. The van der Waals surface area contributed by atoms with Gasteiger partial charge in [-0.1, -0.05) is 0 Å². The Hall–Kier alpha value is -0.670. The first kappa shape index (κ1) is 14.7. The van der Waals surface area contributed by atoms with Crippen LogP contribution in [0.2, 0.25) is 0 Å². The van der Waals surface area contributed by atoms with Crippen molar-refractivity contribution in [2.45, 2.75) is 24.5 Å². The molecule has 2 aliphatic heterocycles. The van der Waals surface area contributed by atoms with Crippen molar-refractivity contribution < 1.29 is 26.7 Å². The molecule has 0 saturated carbocycles. The Labute approximate surface area is 112 Å². The van der Waals surface area contributed by atoms with Crippen molar-refractivity contribution in [2.24, 2.45) is 5.92 Å². The van der Waals surface area contributed by atoms with Crippen LogP contribution >= 0.6 is 0 Å². The summed E-state index contributed by atoms with van der Waals surface area (Å²) in [5.41, 5.74) is 0. The largest absolute Gasteiger partial charge is 0.481 e.